The Bertz CT molecular complexity index is 538. The van der Waals surface area contributed by atoms with Crippen LogP contribution >= 0.6 is 11.3 Å². The van der Waals surface area contributed by atoms with Crippen molar-refractivity contribution >= 4 is 17.2 Å². The molecule has 0 bridgehead atoms. The molecule has 2 fully saturated rings. The molecule has 25 heavy (non-hydrogen) atoms. The highest BCUT2D eigenvalue weighted by Gasteiger charge is 2.34. The molecule has 1 amide bonds. The molecular weight excluding hydrogens is 332 g/mol. The first kappa shape index (κ1) is 18.9. The number of rotatable bonds is 5. The van der Waals surface area contributed by atoms with E-state index in [9.17, 15) is 4.79 Å². The summed E-state index contributed by atoms with van der Waals surface area (Å²) in [5, 5.41) is 1.95. The Morgan fingerprint density at radius 3 is 2.72 bits per heavy atom. The summed E-state index contributed by atoms with van der Waals surface area (Å²) in [7, 11) is 0. The van der Waals surface area contributed by atoms with Crippen LogP contribution in [0.2, 0.25) is 0 Å². The van der Waals surface area contributed by atoms with E-state index in [4.69, 9.17) is 10.5 Å². The molecule has 3 rings (SSSR count). The monoisotopic (exact) mass is 364 g/mol. The maximum Gasteiger partial charge on any atom is 0.264 e. The van der Waals surface area contributed by atoms with Gasteiger partial charge in [-0.2, -0.15) is 0 Å². The van der Waals surface area contributed by atoms with Crippen molar-refractivity contribution in [2.24, 2.45) is 17.6 Å². The Morgan fingerprint density at radius 2 is 2.08 bits per heavy atom. The molecule has 2 N–H and O–H groups in total. The van der Waals surface area contributed by atoms with E-state index in [1.165, 1.54) is 24.2 Å². The van der Waals surface area contributed by atoms with Crippen molar-refractivity contribution in [2.45, 2.75) is 70.6 Å². The Labute approximate surface area is 155 Å². The van der Waals surface area contributed by atoms with Crippen LogP contribution in [-0.4, -0.2) is 42.1 Å². The number of hydrogen-bond acceptors (Lipinski definition) is 4. The molecule has 5 heteroatoms. The predicted molar refractivity (Wildman–Crippen MR) is 103 cm³/mol. The highest BCUT2D eigenvalue weighted by Crippen LogP contribution is 2.32. The number of thiophene rings is 1. The lowest BCUT2D eigenvalue weighted by molar-refractivity contribution is -0.0267. The van der Waals surface area contributed by atoms with Crippen LogP contribution in [-0.2, 0) is 4.74 Å². The summed E-state index contributed by atoms with van der Waals surface area (Å²) >= 11 is 1.50. The number of carbonyl (C=O) groups excluding carboxylic acids is 1. The predicted octanol–water partition coefficient (Wildman–Crippen LogP) is 3.91. The third-order valence-electron chi connectivity index (χ3n) is 5.99. The fraction of sp³-hybridized carbons (Fsp3) is 0.750. The van der Waals surface area contributed by atoms with Crippen molar-refractivity contribution < 1.29 is 9.53 Å². The largest absolute Gasteiger partial charge is 0.376 e. The van der Waals surface area contributed by atoms with Gasteiger partial charge in [0, 0.05) is 12.6 Å². The summed E-state index contributed by atoms with van der Waals surface area (Å²) in [6, 6.07) is 3.86. The molecule has 140 valence electrons. The van der Waals surface area contributed by atoms with Crippen LogP contribution in [0.25, 0.3) is 0 Å². The number of amides is 1. The Morgan fingerprint density at radius 1 is 1.32 bits per heavy atom. The summed E-state index contributed by atoms with van der Waals surface area (Å²) in [5.41, 5.74) is 6.37. The number of nitrogens with zero attached hydrogens (tertiary/aromatic N) is 1. The molecule has 0 radical (unpaired) electrons. The van der Waals surface area contributed by atoms with Gasteiger partial charge in [-0.15, -0.1) is 11.3 Å². The number of likely N-dealkylation sites (tertiary alicyclic amines) is 1. The van der Waals surface area contributed by atoms with Crippen molar-refractivity contribution in [1.82, 2.24) is 4.90 Å². The van der Waals surface area contributed by atoms with Crippen LogP contribution in [0.3, 0.4) is 0 Å². The number of nitrogens with two attached hydrogens (primary N) is 1. The van der Waals surface area contributed by atoms with Gasteiger partial charge in [-0.25, -0.2) is 0 Å². The minimum absolute atomic E-state index is 0.00572. The molecule has 0 unspecified atom stereocenters. The van der Waals surface area contributed by atoms with Crippen LogP contribution in [0.4, 0.5) is 0 Å². The van der Waals surface area contributed by atoms with Gasteiger partial charge in [0.1, 0.15) is 0 Å². The lowest BCUT2D eigenvalue weighted by Crippen LogP contribution is -2.56. The highest BCUT2D eigenvalue weighted by atomic mass is 32.1. The third-order valence-corrected chi connectivity index (χ3v) is 6.85. The zero-order chi connectivity index (χ0) is 17.8. The Balaban J connectivity index is 1.56. The van der Waals surface area contributed by atoms with Crippen molar-refractivity contribution in [2.75, 3.05) is 13.2 Å². The summed E-state index contributed by atoms with van der Waals surface area (Å²) in [5.74, 6) is 1.72. The summed E-state index contributed by atoms with van der Waals surface area (Å²) in [6.45, 7) is 6.01. The average molecular weight is 365 g/mol. The number of carbonyl (C=O) groups is 1. The highest BCUT2D eigenvalue weighted by molar-refractivity contribution is 7.12. The van der Waals surface area contributed by atoms with Gasteiger partial charge in [0.25, 0.3) is 5.91 Å². The third kappa shape index (κ3) is 4.63. The number of hydrogen-bond donors (Lipinski definition) is 1. The molecule has 2 aliphatic rings. The van der Waals surface area contributed by atoms with Gasteiger partial charge in [-0.1, -0.05) is 19.9 Å². The zero-order valence-corrected chi connectivity index (χ0v) is 16.3. The lowest BCUT2D eigenvalue weighted by atomic mass is 9.80. The van der Waals surface area contributed by atoms with Crippen LogP contribution in [0.5, 0.6) is 0 Å². The van der Waals surface area contributed by atoms with Gasteiger partial charge in [0.2, 0.25) is 0 Å². The van der Waals surface area contributed by atoms with E-state index in [2.05, 4.69) is 13.8 Å². The van der Waals surface area contributed by atoms with E-state index in [0.717, 1.165) is 48.9 Å². The fourth-order valence-corrected chi connectivity index (χ4v) is 4.93. The SMILES string of the molecule is CC(C)C1CCC(OC[C@H]2[C@@H](N)CCCN2C(=O)c2cccs2)CC1. The molecule has 0 spiro atoms. The maximum atomic E-state index is 12.8. The number of ether oxygens (including phenoxy) is 1. The quantitative estimate of drug-likeness (QED) is 0.862. The average Bonchev–Trinajstić information content (AvgIpc) is 3.15. The Hall–Kier alpha value is -0.910. The first-order chi connectivity index (χ1) is 12.1. The first-order valence-corrected chi connectivity index (χ1v) is 10.7. The van der Waals surface area contributed by atoms with Crippen molar-refractivity contribution in [3.8, 4) is 0 Å². The van der Waals surface area contributed by atoms with E-state index in [0.29, 0.717) is 12.7 Å². The minimum atomic E-state index is 0.00572. The lowest BCUT2D eigenvalue weighted by Gasteiger charge is -2.40. The topological polar surface area (TPSA) is 55.6 Å². The van der Waals surface area contributed by atoms with E-state index < -0.39 is 0 Å². The molecule has 2 heterocycles. The second-order valence-electron chi connectivity index (χ2n) is 7.96. The molecule has 1 aliphatic carbocycles. The number of piperidine rings is 1. The maximum absolute atomic E-state index is 12.8. The first-order valence-electron chi connectivity index (χ1n) is 9.78. The van der Waals surface area contributed by atoms with E-state index >= 15 is 0 Å². The van der Waals surface area contributed by atoms with Gasteiger partial charge in [-0.3, -0.25) is 4.79 Å². The molecular formula is C20H32N2O2S. The van der Waals surface area contributed by atoms with Gasteiger partial charge in [-0.05, 0) is 61.8 Å². The van der Waals surface area contributed by atoms with Gasteiger partial charge >= 0.3 is 0 Å². The van der Waals surface area contributed by atoms with Crippen molar-refractivity contribution in [3.05, 3.63) is 22.4 Å². The summed E-state index contributed by atoms with van der Waals surface area (Å²) < 4.78 is 6.25. The molecule has 1 saturated heterocycles. The molecule has 1 saturated carbocycles. The van der Waals surface area contributed by atoms with E-state index in [1.54, 1.807) is 0 Å². The van der Waals surface area contributed by atoms with Crippen LogP contribution in [0.1, 0.15) is 62.0 Å². The normalized spacial score (nSPS) is 30.6. The smallest absolute Gasteiger partial charge is 0.264 e. The second-order valence-corrected chi connectivity index (χ2v) is 8.91. The van der Waals surface area contributed by atoms with Gasteiger partial charge in [0.05, 0.1) is 23.6 Å². The molecule has 4 nitrogen and oxygen atoms in total. The standard InChI is InChI=1S/C20H32N2O2S/c1-14(2)15-7-9-16(10-8-15)24-13-18-17(21)5-3-11-22(18)20(23)19-6-4-12-25-19/h4,6,12,14-18H,3,5,7-11,13,21H2,1-2H3/t15?,16?,17-,18-/m0/s1. The summed E-state index contributed by atoms with van der Waals surface area (Å²) in [6.07, 6.45) is 7.10. The van der Waals surface area contributed by atoms with Crippen molar-refractivity contribution in [1.29, 1.82) is 0 Å². The second kappa shape index (κ2) is 8.65. The van der Waals surface area contributed by atoms with E-state index in [1.807, 2.05) is 22.4 Å². The molecule has 0 aromatic carbocycles. The molecule has 1 aromatic heterocycles. The van der Waals surface area contributed by atoms with Crippen molar-refractivity contribution in [3.63, 3.8) is 0 Å². The van der Waals surface area contributed by atoms with E-state index in [-0.39, 0.29) is 18.0 Å². The summed E-state index contributed by atoms with van der Waals surface area (Å²) in [4.78, 5) is 15.6. The fourth-order valence-electron chi connectivity index (χ4n) is 4.25. The Kier molecular flexibility index (Phi) is 6.53. The molecule has 1 aliphatic heterocycles. The molecule has 1 aromatic rings. The van der Waals surface area contributed by atoms with Crippen LogP contribution in [0, 0.1) is 11.8 Å². The zero-order valence-electron chi connectivity index (χ0n) is 15.5. The van der Waals surface area contributed by atoms with Gasteiger partial charge in [0.15, 0.2) is 0 Å². The molecule has 2 atom stereocenters. The van der Waals surface area contributed by atoms with Crippen LogP contribution in [0.15, 0.2) is 17.5 Å². The van der Waals surface area contributed by atoms with Crippen LogP contribution < -0.4 is 5.73 Å². The van der Waals surface area contributed by atoms with Gasteiger partial charge < -0.3 is 15.4 Å². The minimum Gasteiger partial charge on any atom is -0.376 e.